The van der Waals surface area contributed by atoms with Crippen molar-refractivity contribution in [2.75, 3.05) is 16.8 Å². The average Bonchev–Trinajstić information content (AvgIpc) is 2.59. The maximum absolute atomic E-state index is 12.6. The number of hydrogen-bond donors (Lipinski definition) is 1. The molecule has 136 valence electrons. The van der Waals surface area contributed by atoms with E-state index >= 15 is 0 Å². The Morgan fingerprint density at radius 2 is 1.85 bits per heavy atom. The fourth-order valence-electron chi connectivity index (χ4n) is 3.25. The standard InChI is InChI=1S/C21H24N2O3/c1-4-18-21(25)23(17-7-5-6-8-19(17)26-18)10-9-20(24)22-16-12-14(2)11-15(3)13-16/h5-8,11-13,18H,4,9-10H2,1-3H3,(H,22,24). The molecule has 1 atom stereocenters. The van der Waals surface area contributed by atoms with E-state index in [4.69, 9.17) is 4.74 Å². The fourth-order valence-corrected chi connectivity index (χ4v) is 3.25. The highest BCUT2D eigenvalue weighted by Gasteiger charge is 2.33. The number of amides is 2. The van der Waals surface area contributed by atoms with Crippen LogP contribution < -0.4 is 15.0 Å². The monoisotopic (exact) mass is 352 g/mol. The van der Waals surface area contributed by atoms with Gasteiger partial charge in [-0.25, -0.2) is 0 Å². The zero-order valence-corrected chi connectivity index (χ0v) is 15.4. The molecule has 1 heterocycles. The van der Waals surface area contributed by atoms with Crippen molar-refractivity contribution in [3.63, 3.8) is 0 Å². The summed E-state index contributed by atoms with van der Waals surface area (Å²) in [4.78, 5) is 26.7. The van der Waals surface area contributed by atoms with E-state index in [9.17, 15) is 9.59 Å². The second kappa shape index (κ2) is 7.60. The van der Waals surface area contributed by atoms with Gasteiger partial charge in [0.15, 0.2) is 6.10 Å². The minimum absolute atomic E-state index is 0.0922. The SMILES string of the molecule is CCC1Oc2ccccc2N(CCC(=O)Nc2cc(C)cc(C)c2)C1=O. The van der Waals surface area contributed by atoms with Gasteiger partial charge in [-0.1, -0.05) is 25.1 Å². The third-order valence-corrected chi connectivity index (χ3v) is 4.41. The second-order valence-electron chi connectivity index (χ2n) is 6.65. The van der Waals surface area contributed by atoms with Crippen LogP contribution in [0.1, 0.15) is 30.9 Å². The summed E-state index contributed by atoms with van der Waals surface area (Å²) in [7, 11) is 0. The molecule has 26 heavy (non-hydrogen) atoms. The molecule has 5 heteroatoms. The van der Waals surface area contributed by atoms with Crippen LogP contribution in [-0.4, -0.2) is 24.5 Å². The molecule has 5 nitrogen and oxygen atoms in total. The lowest BCUT2D eigenvalue weighted by atomic mass is 10.1. The van der Waals surface area contributed by atoms with E-state index in [1.807, 2.05) is 57.2 Å². The number of hydrogen-bond acceptors (Lipinski definition) is 3. The molecule has 2 amide bonds. The van der Waals surface area contributed by atoms with Crippen LogP contribution in [0, 0.1) is 13.8 Å². The Labute approximate surface area is 154 Å². The topological polar surface area (TPSA) is 58.6 Å². The number of para-hydroxylation sites is 2. The second-order valence-corrected chi connectivity index (χ2v) is 6.65. The molecule has 3 rings (SSSR count). The quantitative estimate of drug-likeness (QED) is 0.889. The van der Waals surface area contributed by atoms with Crippen LogP contribution in [0.2, 0.25) is 0 Å². The highest BCUT2D eigenvalue weighted by molar-refractivity contribution is 6.01. The molecule has 0 saturated carbocycles. The summed E-state index contributed by atoms with van der Waals surface area (Å²) in [6.45, 7) is 6.24. The van der Waals surface area contributed by atoms with Gasteiger partial charge in [0.25, 0.3) is 5.91 Å². The number of aryl methyl sites for hydroxylation is 2. The first kappa shape index (κ1) is 18.0. The summed E-state index contributed by atoms with van der Waals surface area (Å²) in [5, 5.41) is 2.92. The molecule has 0 spiro atoms. The Hall–Kier alpha value is -2.82. The third-order valence-electron chi connectivity index (χ3n) is 4.41. The van der Waals surface area contributed by atoms with Gasteiger partial charge in [0.05, 0.1) is 5.69 Å². The summed E-state index contributed by atoms with van der Waals surface area (Å²) in [5.41, 5.74) is 3.71. The number of ether oxygens (including phenoxy) is 1. The molecule has 1 aliphatic heterocycles. The lowest BCUT2D eigenvalue weighted by molar-refractivity contribution is -0.126. The van der Waals surface area contributed by atoms with Gasteiger partial charge in [-0.2, -0.15) is 0 Å². The van der Waals surface area contributed by atoms with Gasteiger partial charge in [0.2, 0.25) is 5.91 Å². The van der Waals surface area contributed by atoms with Gasteiger partial charge in [-0.3, -0.25) is 9.59 Å². The zero-order chi connectivity index (χ0) is 18.7. The van der Waals surface area contributed by atoms with E-state index in [1.54, 1.807) is 4.90 Å². The zero-order valence-electron chi connectivity index (χ0n) is 15.4. The molecule has 2 aromatic rings. The maximum Gasteiger partial charge on any atom is 0.268 e. The summed E-state index contributed by atoms with van der Waals surface area (Å²) >= 11 is 0. The normalized spacial score (nSPS) is 16.0. The number of nitrogens with one attached hydrogen (secondary N) is 1. The molecule has 2 aromatic carbocycles. The van der Waals surface area contributed by atoms with Crippen molar-refractivity contribution in [3.05, 3.63) is 53.6 Å². The molecular weight excluding hydrogens is 328 g/mol. The minimum Gasteiger partial charge on any atom is -0.478 e. The Bertz CT molecular complexity index is 812. The van der Waals surface area contributed by atoms with Crippen molar-refractivity contribution in [1.29, 1.82) is 0 Å². The van der Waals surface area contributed by atoms with Crippen molar-refractivity contribution in [1.82, 2.24) is 0 Å². The van der Waals surface area contributed by atoms with Crippen LogP contribution in [0.15, 0.2) is 42.5 Å². The number of benzene rings is 2. The molecule has 0 aliphatic carbocycles. The van der Waals surface area contributed by atoms with E-state index in [2.05, 4.69) is 11.4 Å². The van der Waals surface area contributed by atoms with E-state index in [-0.39, 0.29) is 18.2 Å². The first-order chi connectivity index (χ1) is 12.5. The predicted octanol–water partition coefficient (Wildman–Crippen LogP) is 3.84. The smallest absolute Gasteiger partial charge is 0.268 e. The maximum atomic E-state index is 12.6. The highest BCUT2D eigenvalue weighted by atomic mass is 16.5. The summed E-state index contributed by atoms with van der Waals surface area (Å²) in [6.07, 6.45) is 0.328. The molecule has 1 N–H and O–H groups in total. The molecule has 1 aliphatic rings. The molecule has 1 unspecified atom stereocenters. The van der Waals surface area contributed by atoms with Crippen LogP contribution in [0.5, 0.6) is 5.75 Å². The Balaban J connectivity index is 1.69. The van der Waals surface area contributed by atoms with Gasteiger partial charge in [0.1, 0.15) is 5.75 Å². The van der Waals surface area contributed by atoms with Gasteiger partial charge in [-0.05, 0) is 55.7 Å². The van der Waals surface area contributed by atoms with Crippen LogP contribution in [-0.2, 0) is 9.59 Å². The lowest BCUT2D eigenvalue weighted by Crippen LogP contribution is -2.46. The van der Waals surface area contributed by atoms with Crippen LogP contribution >= 0.6 is 0 Å². The third kappa shape index (κ3) is 3.87. The van der Waals surface area contributed by atoms with Crippen LogP contribution in [0.25, 0.3) is 0 Å². The van der Waals surface area contributed by atoms with Gasteiger partial charge >= 0.3 is 0 Å². The minimum atomic E-state index is -0.493. The van der Waals surface area contributed by atoms with Gasteiger partial charge in [-0.15, -0.1) is 0 Å². The molecule has 0 saturated heterocycles. The van der Waals surface area contributed by atoms with Crippen molar-refractivity contribution in [3.8, 4) is 5.75 Å². The van der Waals surface area contributed by atoms with E-state index in [0.717, 1.165) is 22.5 Å². The lowest BCUT2D eigenvalue weighted by Gasteiger charge is -2.33. The Kier molecular flexibility index (Phi) is 5.26. The molecular formula is C21H24N2O3. The molecule has 0 bridgehead atoms. The van der Waals surface area contributed by atoms with Gasteiger partial charge in [0, 0.05) is 18.7 Å². The largest absolute Gasteiger partial charge is 0.478 e. The van der Waals surface area contributed by atoms with E-state index in [0.29, 0.717) is 18.7 Å². The van der Waals surface area contributed by atoms with Crippen LogP contribution in [0.4, 0.5) is 11.4 Å². The highest BCUT2D eigenvalue weighted by Crippen LogP contribution is 2.34. The number of nitrogens with zero attached hydrogens (tertiary/aromatic N) is 1. The van der Waals surface area contributed by atoms with Crippen molar-refractivity contribution in [2.45, 2.75) is 39.7 Å². The number of carbonyl (C=O) groups is 2. The van der Waals surface area contributed by atoms with Crippen molar-refractivity contribution in [2.24, 2.45) is 0 Å². The van der Waals surface area contributed by atoms with Crippen LogP contribution in [0.3, 0.4) is 0 Å². The van der Waals surface area contributed by atoms with Crippen molar-refractivity contribution < 1.29 is 14.3 Å². The number of anilines is 2. The molecule has 0 radical (unpaired) electrons. The molecule has 0 fully saturated rings. The predicted molar refractivity (Wildman–Crippen MR) is 103 cm³/mol. The van der Waals surface area contributed by atoms with Gasteiger partial charge < -0.3 is 15.0 Å². The average molecular weight is 352 g/mol. The summed E-state index contributed by atoms with van der Waals surface area (Å²) in [6, 6.07) is 13.4. The van der Waals surface area contributed by atoms with E-state index < -0.39 is 6.10 Å². The summed E-state index contributed by atoms with van der Waals surface area (Å²) < 4.78 is 5.76. The Morgan fingerprint density at radius 1 is 1.15 bits per heavy atom. The van der Waals surface area contributed by atoms with E-state index in [1.165, 1.54) is 0 Å². The number of rotatable bonds is 5. The number of fused-ring (bicyclic) bond motifs is 1. The fraction of sp³-hybridized carbons (Fsp3) is 0.333. The first-order valence-electron chi connectivity index (χ1n) is 8.93. The summed E-state index contributed by atoms with van der Waals surface area (Å²) in [5.74, 6) is 0.485. The first-order valence-corrected chi connectivity index (χ1v) is 8.93. The number of carbonyl (C=O) groups excluding carboxylic acids is 2. The Morgan fingerprint density at radius 3 is 2.54 bits per heavy atom. The van der Waals surface area contributed by atoms with Crippen molar-refractivity contribution >= 4 is 23.2 Å². The molecule has 0 aromatic heterocycles.